The van der Waals surface area contributed by atoms with Crippen molar-refractivity contribution < 1.29 is 0 Å². The van der Waals surface area contributed by atoms with Crippen LogP contribution in [0, 0.1) is 0 Å². The summed E-state index contributed by atoms with van der Waals surface area (Å²) in [5.74, 6) is 0. The number of rotatable bonds is 0. The van der Waals surface area contributed by atoms with Crippen molar-refractivity contribution in [2.24, 2.45) is 0 Å². The third kappa shape index (κ3) is 1.66. The van der Waals surface area contributed by atoms with Crippen LogP contribution in [0.3, 0.4) is 0 Å². The molecule has 1 aromatic heterocycles. The van der Waals surface area contributed by atoms with E-state index in [1.807, 2.05) is 6.20 Å². The Morgan fingerprint density at radius 2 is 1.86 bits per heavy atom. The zero-order valence-corrected chi connectivity index (χ0v) is 9.30. The molecular formula is C12H18N2. The van der Waals surface area contributed by atoms with Gasteiger partial charge in [0.2, 0.25) is 0 Å². The minimum absolute atomic E-state index is 0.135. The van der Waals surface area contributed by atoms with Gasteiger partial charge in [0.05, 0.1) is 11.9 Å². The maximum Gasteiger partial charge on any atom is 0.0719 e. The molecule has 0 fully saturated rings. The fourth-order valence-electron chi connectivity index (χ4n) is 2.16. The lowest BCUT2D eigenvalue weighted by molar-refractivity contribution is 0.534. The van der Waals surface area contributed by atoms with Crippen LogP contribution >= 0.6 is 0 Å². The van der Waals surface area contributed by atoms with E-state index < -0.39 is 0 Å². The Balaban J connectivity index is 2.51. The first kappa shape index (κ1) is 9.63. The lowest BCUT2D eigenvalue weighted by atomic mass is 9.82. The van der Waals surface area contributed by atoms with Crippen LogP contribution in [0.1, 0.15) is 50.4 Å². The quantitative estimate of drug-likeness (QED) is 0.628. The van der Waals surface area contributed by atoms with E-state index in [0.29, 0.717) is 0 Å². The summed E-state index contributed by atoms with van der Waals surface area (Å²) in [6.07, 6.45) is 6.94. The monoisotopic (exact) mass is 190 g/mol. The molecule has 0 radical (unpaired) electrons. The fraction of sp³-hybridized carbons (Fsp3) is 0.667. The molecule has 0 N–H and O–H groups in total. The number of hydrogen-bond donors (Lipinski definition) is 0. The predicted molar refractivity (Wildman–Crippen MR) is 57.4 cm³/mol. The molecule has 1 aliphatic carbocycles. The van der Waals surface area contributed by atoms with Gasteiger partial charge in [-0.25, -0.2) is 0 Å². The first-order valence-corrected chi connectivity index (χ1v) is 5.43. The Bertz CT molecular complexity index is 337. The molecule has 0 spiro atoms. The van der Waals surface area contributed by atoms with Gasteiger partial charge >= 0.3 is 0 Å². The van der Waals surface area contributed by atoms with Crippen molar-refractivity contribution in [2.45, 2.75) is 51.9 Å². The highest BCUT2D eigenvalue weighted by Gasteiger charge is 2.23. The Morgan fingerprint density at radius 3 is 2.57 bits per heavy atom. The molecule has 0 aromatic carbocycles. The summed E-state index contributed by atoms with van der Waals surface area (Å²) in [5.41, 5.74) is 4.24. The molecule has 1 aromatic rings. The average Bonchev–Trinajstić information content (AvgIpc) is 2.15. The van der Waals surface area contributed by atoms with E-state index in [1.165, 1.54) is 42.5 Å². The average molecular weight is 190 g/mol. The molecule has 0 saturated heterocycles. The van der Waals surface area contributed by atoms with Gasteiger partial charge in [-0.15, -0.1) is 0 Å². The zero-order valence-electron chi connectivity index (χ0n) is 9.30. The van der Waals surface area contributed by atoms with Gasteiger partial charge in [0, 0.05) is 5.41 Å². The Hall–Kier alpha value is -0.920. The normalized spacial score (nSPS) is 16.5. The van der Waals surface area contributed by atoms with E-state index in [9.17, 15) is 0 Å². The van der Waals surface area contributed by atoms with Crippen molar-refractivity contribution in [3.8, 4) is 0 Å². The minimum Gasteiger partial charge on any atom is -0.159 e. The maximum atomic E-state index is 4.31. The largest absolute Gasteiger partial charge is 0.159 e. The van der Waals surface area contributed by atoms with E-state index >= 15 is 0 Å². The van der Waals surface area contributed by atoms with Crippen LogP contribution in [-0.2, 0) is 18.3 Å². The second-order valence-electron chi connectivity index (χ2n) is 5.15. The predicted octanol–water partition coefficient (Wildman–Crippen LogP) is 2.65. The van der Waals surface area contributed by atoms with Gasteiger partial charge in [-0.05, 0) is 36.8 Å². The number of aromatic nitrogens is 2. The molecule has 0 unspecified atom stereocenters. The van der Waals surface area contributed by atoms with Crippen LogP contribution in [0.2, 0.25) is 0 Å². The molecule has 14 heavy (non-hydrogen) atoms. The topological polar surface area (TPSA) is 25.8 Å². The minimum atomic E-state index is 0.135. The molecule has 1 aliphatic rings. The Labute approximate surface area is 85.8 Å². The molecule has 0 bridgehead atoms. The van der Waals surface area contributed by atoms with Crippen molar-refractivity contribution in [2.75, 3.05) is 0 Å². The van der Waals surface area contributed by atoms with E-state index in [1.54, 1.807) is 0 Å². The van der Waals surface area contributed by atoms with Gasteiger partial charge in [-0.3, -0.25) is 0 Å². The lowest BCUT2D eigenvalue weighted by Gasteiger charge is -2.24. The van der Waals surface area contributed by atoms with Crippen molar-refractivity contribution in [1.29, 1.82) is 0 Å². The van der Waals surface area contributed by atoms with Crippen LogP contribution in [0.15, 0.2) is 6.20 Å². The van der Waals surface area contributed by atoms with Crippen molar-refractivity contribution in [3.63, 3.8) is 0 Å². The van der Waals surface area contributed by atoms with E-state index in [0.717, 1.165) is 0 Å². The second-order valence-corrected chi connectivity index (χ2v) is 5.15. The first-order chi connectivity index (χ1) is 6.59. The summed E-state index contributed by atoms with van der Waals surface area (Å²) in [6, 6.07) is 0. The molecule has 2 heteroatoms. The van der Waals surface area contributed by atoms with Gasteiger partial charge in [-0.1, -0.05) is 20.8 Å². The smallest absolute Gasteiger partial charge is 0.0719 e. The van der Waals surface area contributed by atoms with Crippen LogP contribution in [0.4, 0.5) is 0 Å². The van der Waals surface area contributed by atoms with Crippen LogP contribution < -0.4 is 0 Å². The highest BCUT2D eigenvalue weighted by molar-refractivity contribution is 5.33. The molecule has 0 atom stereocenters. The van der Waals surface area contributed by atoms with Gasteiger partial charge in [0.1, 0.15) is 0 Å². The number of aryl methyl sites for hydroxylation is 1. The third-order valence-electron chi connectivity index (χ3n) is 2.88. The lowest BCUT2D eigenvalue weighted by Crippen LogP contribution is -2.20. The summed E-state index contributed by atoms with van der Waals surface area (Å²) in [5, 5.41) is 8.43. The van der Waals surface area contributed by atoms with Crippen LogP contribution in [0.5, 0.6) is 0 Å². The van der Waals surface area contributed by atoms with E-state index in [-0.39, 0.29) is 5.41 Å². The van der Waals surface area contributed by atoms with Gasteiger partial charge in [-0.2, -0.15) is 10.2 Å². The van der Waals surface area contributed by atoms with E-state index in [2.05, 4.69) is 31.0 Å². The molecule has 0 amide bonds. The highest BCUT2D eigenvalue weighted by Crippen LogP contribution is 2.29. The van der Waals surface area contributed by atoms with Gasteiger partial charge in [0.25, 0.3) is 0 Å². The number of hydrogen-bond acceptors (Lipinski definition) is 2. The van der Waals surface area contributed by atoms with Gasteiger partial charge < -0.3 is 0 Å². The summed E-state index contributed by atoms with van der Waals surface area (Å²) >= 11 is 0. The van der Waals surface area contributed by atoms with Crippen LogP contribution in [0.25, 0.3) is 0 Å². The standard InChI is InChI=1S/C12H18N2/c1-12(2,3)11-10-7-5-4-6-9(10)8-13-14-11/h8H,4-7H2,1-3H3. The summed E-state index contributed by atoms with van der Waals surface area (Å²) < 4.78 is 0. The Morgan fingerprint density at radius 1 is 1.14 bits per heavy atom. The van der Waals surface area contributed by atoms with Crippen molar-refractivity contribution in [3.05, 3.63) is 23.0 Å². The zero-order chi connectivity index (χ0) is 10.2. The van der Waals surface area contributed by atoms with Gasteiger partial charge in [0.15, 0.2) is 0 Å². The molecule has 0 aliphatic heterocycles. The van der Waals surface area contributed by atoms with Crippen molar-refractivity contribution >= 4 is 0 Å². The van der Waals surface area contributed by atoms with E-state index in [4.69, 9.17) is 0 Å². The molecule has 1 heterocycles. The maximum absolute atomic E-state index is 4.31. The number of nitrogens with zero attached hydrogens (tertiary/aromatic N) is 2. The van der Waals surface area contributed by atoms with Crippen molar-refractivity contribution in [1.82, 2.24) is 10.2 Å². The molecular weight excluding hydrogens is 172 g/mol. The fourth-order valence-corrected chi connectivity index (χ4v) is 2.16. The summed E-state index contributed by atoms with van der Waals surface area (Å²) in [7, 11) is 0. The molecule has 2 nitrogen and oxygen atoms in total. The second kappa shape index (κ2) is 3.34. The summed E-state index contributed by atoms with van der Waals surface area (Å²) in [4.78, 5) is 0. The highest BCUT2D eigenvalue weighted by atomic mass is 15.1. The van der Waals surface area contributed by atoms with Crippen LogP contribution in [-0.4, -0.2) is 10.2 Å². The third-order valence-corrected chi connectivity index (χ3v) is 2.88. The molecule has 76 valence electrons. The number of fused-ring (bicyclic) bond motifs is 1. The molecule has 2 rings (SSSR count). The molecule has 0 saturated carbocycles. The Kier molecular flexibility index (Phi) is 2.30. The first-order valence-electron chi connectivity index (χ1n) is 5.43. The SMILES string of the molecule is CC(C)(C)c1nncc2c1CCCC2. The summed E-state index contributed by atoms with van der Waals surface area (Å²) in [6.45, 7) is 6.64.